The quantitative estimate of drug-likeness (QED) is 0.426. The molecule has 6 nitrogen and oxygen atoms in total. The Morgan fingerprint density at radius 2 is 2.15 bits per heavy atom. The van der Waals surface area contributed by atoms with Crippen LogP contribution >= 0.6 is 0 Å². The van der Waals surface area contributed by atoms with E-state index in [1.54, 1.807) is 0 Å². The van der Waals surface area contributed by atoms with Gasteiger partial charge in [0.05, 0.1) is 5.92 Å². The summed E-state index contributed by atoms with van der Waals surface area (Å²) in [6.45, 7) is 4.48. The fraction of sp³-hybridized carbons (Fsp3) is 0.643. The van der Waals surface area contributed by atoms with Crippen LogP contribution in [0.5, 0.6) is 0 Å². The van der Waals surface area contributed by atoms with E-state index >= 15 is 0 Å². The summed E-state index contributed by atoms with van der Waals surface area (Å²) >= 11 is 0. The number of hydrogen-bond acceptors (Lipinski definition) is 6. The van der Waals surface area contributed by atoms with Crippen LogP contribution in [0, 0.1) is 17.8 Å². The SMILES string of the molecule is C=C(C)C(=O)OCC(=O)OC1C2OC(=O)C3C[C@@H]1CC32. The highest BCUT2D eigenvalue weighted by Crippen LogP contribution is 2.55. The number of fused-ring (bicyclic) bond motifs is 1. The summed E-state index contributed by atoms with van der Waals surface area (Å²) in [5, 5.41) is 0. The van der Waals surface area contributed by atoms with Gasteiger partial charge >= 0.3 is 17.9 Å². The second-order valence-corrected chi connectivity index (χ2v) is 5.71. The maximum atomic E-state index is 11.7. The third-order valence-electron chi connectivity index (χ3n) is 4.35. The van der Waals surface area contributed by atoms with Crippen molar-refractivity contribution >= 4 is 17.9 Å². The Kier molecular flexibility index (Phi) is 3.03. The molecule has 0 spiro atoms. The van der Waals surface area contributed by atoms with Crippen LogP contribution in [0.15, 0.2) is 12.2 Å². The minimum Gasteiger partial charge on any atom is -0.458 e. The van der Waals surface area contributed by atoms with Crippen molar-refractivity contribution in [2.24, 2.45) is 17.8 Å². The van der Waals surface area contributed by atoms with Crippen LogP contribution < -0.4 is 0 Å². The standard InChI is InChI=1S/C14H16O6/c1-6(2)13(16)18-5-10(15)19-11-7-3-8-9(4-7)14(17)20-12(8)11/h7-9,11-12H,1,3-5H2,2H3/t7-,8?,9?,11?,12?/m0/s1. The minimum absolute atomic E-state index is 0.0128. The van der Waals surface area contributed by atoms with Gasteiger partial charge in [-0.3, -0.25) is 4.79 Å². The molecule has 1 aliphatic heterocycles. The van der Waals surface area contributed by atoms with Crippen LogP contribution in [0.2, 0.25) is 0 Å². The second kappa shape index (κ2) is 4.61. The van der Waals surface area contributed by atoms with E-state index in [0.717, 1.165) is 12.8 Å². The summed E-state index contributed by atoms with van der Waals surface area (Å²) in [6, 6.07) is 0. The first-order chi connectivity index (χ1) is 9.47. The molecule has 0 aromatic rings. The van der Waals surface area contributed by atoms with Gasteiger partial charge in [-0.25, -0.2) is 9.59 Å². The Bertz CT molecular complexity index is 496. The number of ether oxygens (including phenoxy) is 3. The molecule has 0 N–H and O–H groups in total. The molecule has 0 aromatic heterocycles. The fourth-order valence-electron chi connectivity index (χ4n) is 3.50. The highest BCUT2D eigenvalue weighted by Gasteiger charge is 2.63. The van der Waals surface area contributed by atoms with Crippen molar-refractivity contribution in [2.45, 2.75) is 32.0 Å². The van der Waals surface area contributed by atoms with Gasteiger partial charge in [-0.1, -0.05) is 6.58 Å². The maximum Gasteiger partial charge on any atom is 0.344 e. The van der Waals surface area contributed by atoms with Gasteiger partial charge < -0.3 is 14.2 Å². The summed E-state index contributed by atoms with van der Waals surface area (Å²) in [4.78, 5) is 34.4. The summed E-state index contributed by atoms with van der Waals surface area (Å²) in [6.07, 6.45) is 0.888. The van der Waals surface area contributed by atoms with E-state index in [4.69, 9.17) is 14.2 Å². The molecule has 1 saturated heterocycles. The highest BCUT2D eigenvalue weighted by atomic mass is 16.6. The molecule has 1 heterocycles. The molecule has 2 bridgehead atoms. The van der Waals surface area contributed by atoms with E-state index in [0.29, 0.717) is 0 Å². The highest BCUT2D eigenvalue weighted by molar-refractivity contribution is 5.88. The van der Waals surface area contributed by atoms with Gasteiger partial charge in [-0.2, -0.15) is 0 Å². The number of carbonyl (C=O) groups is 3. The molecule has 0 amide bonds. The van der Waals surface area contributed by atoms with Gasteiger partial charge in [-0.05, 0) is 19.8 Å². The Labute approximate surface area is 116 Å². The van der Waals surface area contributed by atoms with Crippen molar-refractivity contribution in [3.63, 3.8) is 0 Å². The molecule has 3 rings (SSSR count). The van der Waals surface area contributed by atoms with E-state index in [9.17, 15) is 14.4 Å². The molecule has 6 heteroatoms. The van der Waals surface area contributed by atoms with Crippen LogP contribution in [0.4, 0.5) is 0 Å². The molecule has 2 aliphatic carbocycles. The first kappa shape index (κ1) is 13.1. The van der Waals surface area contributed by atoms with Crippen LogP contribution in [0.1, 0.15) is 19.8 Å². The zero-order valence-electron chi connectivity index (χ0n) is 11.2. The average Bonchev–Trinajstić information content (AvgIpc) is 3.00. The van der Waals surface area contributed by atoms with E-state index in [1.807, 2.05) is 0 Å². The largest absolute Gasteiger partial charge is 0.458 e. The normalized spacial score (nSPS) is 36.6. The van der Waals surface area contributed by atoms with Crippen molar-refractivity contribution in [2.75, 3.05) is 6.61 Å². The van der Waals surface area contributed by atoms with Gasteiger partial charge in [0.2, 0.25) is 0 Å². The fourth-order valence-corrected chi connectivity index (χ4v) is 3.50. The molecule has 4 unspecified atom stereocenters. The monoisotopic (exact) mass is 280 g/mol. The summed E-state index contributed by atoms with van der Waals surface area (Å²) in [5.41, 5.74) is 0.227. The Balaban J connectivity index is 1.54. The van der Waals surface area contributed by atoms with E-state index in [2.05, 4.69) is 6.58 Å². The van der Waals surface area contributed by atoms with Gasteiger partial charge in [0.15, 0.2) is 6.61 Å². The molecule has 108 valence electrons. The van der Waals surface area contributed by atoms with Gasteiger partial charge in [0, 0.05) is 17.4 Å². The minimum atomic E-state index is -0.623. The first-order valence-corrected chi connectivity index (χ1v) is 6.70. The molecule has 3 fully saturated rings. The number of hydrogen-bond donors (Lipinski definition) is 0. The Hall–Kier alpha value is -1.85. The molecule has 2 saturated carbocycles. The predicted octanol–water partition coefficient (Wildman–Crippen LogP) is 0.599. The van der Waals surface area contributed by atoms with Crippen LogP contribution in [0.3, 0.4) is 0 Å². The van der Waals surface area contributed by atoms with Crippen LogP contribution in [0.25, 0.3) is 0 Å². The summed E-state index contributed by atoms with van der Waals surface area (Å²) in [7, 11) is 0. The van der Waals surface area contributed by atoms with Crippen LogP contribution in [-0.4, -0.2) is 36.7 Å². The first-order valence-electron chi connectivity index (χ1n) is 6.70. The van der Waals surface area contributed by atoms with Crippen molar-refractivity contribution in [1.82, 2.24) is 0 Å². The lowest BCUT2D eigenvalue weighted by atomic mass is 9.88. The molecule has 5 atom stereocenters. The molecule has 3 aliphatic rings. The van der Waals surface area contributed by atoms with E-state index in [-0.39, 0.29) is 35.4 Å². The third-order valence-corrected chi connectivity index (χ3v) is 4.35. The predicted molar refractivity (Wildman–Crippen MR) is 65.2 cm³/mol. The van der Waals surface area contributed by atoms with Gasteiger partial charge in [0.1, 0.15) is 12.2 Å². The average molecular weight is 280 g/mol. The molecule has 0 aromatic carbocycles. The van der Waals surface area contributed by atoms with E-state index < -0.39 is 24.6 Å². The van der Waals surface area contributed by atoms with Crippen molar-refractivity contribution in [3.05, 3.63) is 12.2 Å². The van der Waals surface area contributed by atoms with Crippen molar-refractivity contribution in [1.29, 1.82) is 0 Å². The molecular formula is C14H16O6. The van der Waals surface area contributed by atoms with Crippen molar-refractivity contribution < 1.29 is 28.6 Å². The topological polar surface area (TPSA) is 78.9 Å². The molecule has 0 radical (unpaired) electrons. The smallest absolute Gasteiger partial charge is 0.344 e. The zero-order chi connectivity index (χ0) is 14.4. The second-order valence-electron chi connectivity index (χ2n) is 5.71. The van der Waals surface area contributed by atoms with E-state index in [1.165, 1.54) is 6.92 Å². The lowest BCUT2D eigenvalue weighted by Crippen LogP contribution is -2.37. The summed E-state index contributed by atoms with van der Waals surface area (Å²) in [5.74, 6) is -1.06. The summed E-state index contributed by atoms with van der Waals surface area (Å²) < 4.78 is 15.3. The van der Waals surface area contributed by atoms with Crippen LogP contribution in [-0.2, 0) is 28.6 Å². The third kappa shape index (κ3) is 1.99. The number of carbonyl (C=O) groups excluding carboxylic acids is 3. The molecule has 20 heavy (non-hydrogen) atoms. The van der Waals surface area contributed by atoms with Gasteiger partial charge in [-0.15, -0.1) is 0 Å². The lowest BCUT2D eigenvalue weighted by molar-refractivity contribution is -0.168. The lowest BCUT2D eigenvalue weighted by Gasteiger charge is -2.25. The Morgan fingerprint density at radius 3 is 2.85 bits per heavy atom. The Morgan fingerprint density at radius 1 is 1.40 bits per heavy atom. The van der Waals surface area contributed by atoms with Crippen molar-refractivity contribution in [3.8, 4) is 0 Å². The maximum absolute atomic E-state index is 11.7. The number of esters is 3. The number of rotatable bonds is 4. The molecular weight excluding hydrogens is 264 g/mol. The zero-order valence-corrected chi connectivity index (χ0v) is 11.2. The van der Waals surface area contributed by atoms with Gasteiger partial charge in [0.25, 0.3) is 0 Å².